The van der Waals surface area contributed by atoms with Gasteiger partial charge in [0.1, 0.15) is 6.07 Å². The van der Waals surface area contributed by atoms with Crippen molar-refractivity contribution in [3.05, 3.63) is 28.2 Å². The minimum atomic E-state index is 0.603. The van der Waals surface area contributed by atoms with Crippen molar-refractivity contribution in [3.8, 4) is 6.07 Å². The molecule has 0 amide bonds. The quantitative estimate of drug-likeness (QED) is 0.901. The average Bonchev–Trinajstić information content (AvgIpc) is 3.01. The third-order valence-corrected chi connectivity index (χ3v) is 5.17. The number of benzene rings is 1. The molecule has 2 heterocycles. The molecule has 4 heteroatoms. The van der Waals surface area contributed by atoms with Crippen LogP contribution < -0.4 is 10.2 Å². The first kappa shape index (κ1) is 13.9. The first-order valence-electron chi connectivity index (χ1n) is 7.49. The first-order chi connectivity index (χ1) is 9.79. The number of nitrogens with zero attached hydrogens (tertiary/aromatic N) is 2. The molecule has 0 aromatic heterocycles. The van der Waals surface area contributed by atoms with E-state index in [1.165, 1.54) is 37.8 Å². The van der Waals surface area contributed by atoms with Crippen molar-refractivity contribution in [2.24, 2.45) is 0 Å². The van der Waals surface area contributed by atoms with Crippen LogP contribution in [0.5, 0.6) is 0 Å². The zero-order valence-corrected chi connectivity index (χ0v) is 13.2. The van der Waals surface area contributed by atoms with E-state index in [9.17, 15) is 0 Å². The molecule has 3 nitrogen and oxygen atoms in total. The van der Waals surface area contributed by atoms with Crippen LogP contribution in [0.15, 0.2) is 22.7 Å². The molecule has 20 heavy (non-hydrogen) atoms. The fourth-order valence-electron chi connectivity index (χ4n) is 3.51. The number of rotatable bonds is 2. The third-order valence-electron chi connectivity index (χ3n) is 4.52. The summed E-state index contributed by atoms with van der Waals surface area (Å²) in [6.45, 7) is 2.28. The normalized spacial score (nSPS) is 26.5. The summed E-state index contributed by atoms with van der Waals surface area (Å²) in [6.07, 6.45) is 6.46. The number of nitrogens with one attached hydrogen (secondary N) is 1. The van der Waals surface area contributed by atoms with E-state index in [0.717, 1.165) is 17.6 Å². The van der Waals surface area contributed by atoms with Crippen LogP contribution in [0.25, 0.3) is 0 Å². The van der Waals surface area contributed by atoms with Crippen molar-refractivity contribution < 1.29 is 0 Å². The predicted octanol–water partition coefficient (Wildman–Crippen LogP) is 3.43. The van der Waals surface area contributed by atoms with Crippen molar-refractivity contribution in [2.75, 3.05) is 18.0 Å². The lowest BCUT2D eigenvalue weighted by Gasteiger charge is -2.41. The van der Waals surface area contributed by atoms with Gasteiger partial charge in [-0.15, -0.1) is 0 Å². The second-order valence-corrected chi connectivity index (χ2v) is 6.59. The van der Waals surface area contributed by atoms with E-state index in [1.807, 2.05) is 6.07 Å². The van der Waals surface area contributed by atoms with Gasteiger partial charge in [0.15, 0.2) is 0 Å². The molecular formula is C16H20BrN3. The molecule has 0 bridgehead atoms. The van der Waals surface area contributed by atoms with Crippen molar-refractivity contribution in [2.45, 2.75) is 44.2 Å². The van der Waals surface area contributed by atoms with Crippen LogP contribution in [0.2, 0.25) is 0 Å². The molecule has 1 aromatic carbocycles. The van der Waals surface area contributed by atoms with Gasteiger partial charge in [-0.2, -0.15) is 5.26 Å². The molecular weight excluding hydrogens is 314 g/mol. The van der Waals surface area contributed by atoms with Crippen molar-refractivity contribution in [3.63, 3.8) is 0 Å². The number of hydrogen-bond acceptors (Lipinski definition) is 3. The number of anilines is 1. The lowest BCUT2D eigenvalue weighted by atomic mass is 9.94. The van der Waals surface area contributed by atoms with E-state index in [4.69, 9.17) is 5.26 Å². The Bertz CT molecular complexity index is 517. The molecule has 2 aliphatic rings. The smallest absolute Gasteiger partial charge is 0.100 e. The van der Waals surface area contributed by atoms with E-state index >= 15 is 0 Å². The van der Waals surface area contributed by atoms with Crippen LogP contribution >= 0.6 is 15.9 Å². The molecule has 2 fully saturated rings. The SMILES string of the molecule is N#Cc1ccc(N2CCCCC2C2CCCN2)cc1Br. The largest absolute Gasteiger partial charge is 0.367 e. The molecule has 0 aliphatic carbocycles. The molecule has 1 N–H and O–H groups in total. The second kappa shape index (κ2) is 6.15. The Morgan fingerprint density at radius 2 is 2.15 bits per heavy atom. The van der Waals surface area contributed by atoms with Gasteiger partial charge in [0.25, 0.3) is 0 Å². The summed E-state index contributed by atoms with van der Waals surface area (Å²) < 4.78 is 0.904. The molecule has 0 radical (unpaired) electrons. The van der Waals surface area contributed by atoms with Gasteiger partial charge < -0.3 is 10.2 Å². The number of halogens is 1. The van der Waals surface area contributed by atoms with E-state index in [1.54, 1.807) is 0 Å². The summed E-state index contributed by atoms with van der Waals surface area (Å²) >= 11 is 3.51. The fraction of sp³-hybridized carbons (Fsp3) is 0.562. The van der Waals surface area contributed by atoms with Gasteiger partial charge in [0.2, 0.25) is 0 Å². The number of nitriles is 1. The van der Waals surface area contributed by atoms with Crippen LogP contribution in [0.1, 0.15) is 37.7 Å². The van der Waals surface area contributed by atoms with Gasteiger partial charge in [-0.3, -0.25) is 0 Å². The Kier molecular flexibility index (Phi) is 4.28. The molecule has 106 valence electrons. The highest BCUT2D eigenvalue weighted by Gasteiger charge is 2.31. The Morgan fingerprint density at radius 1 is 1.25 bits per heavy atom. The highest BCUT2D eigenvalue weighted by Crippen LogP contribution is 2.31. The summed E-state index contributed by atoms with van der Waals surface area (Å²) in [6, 6.07) is 9.57. The Labute approximate surface area is 129 Å². The van der Waals surface area contributed by atoms with E-state index in [2.05, 4.69) is 44.3 Å². The van der Waals surface area contributed by atoms with Gasteiger partial charge in [-0.05, 0) is 72.8 Å². The molecule has 2 atom stereocenters. The maximum absolute atomic E-state index is 9.04. The van der Waals surface area contributed by atoms with Crippen LogP contribution in [-0.4, -0.2) is 25.2 Å². The minimum Gasteiger partial charge on any atom is -0.367 e. The summed E-state index contributed by atoms with van der Waals surface area (Å²) in [5.74, 6) is 0. The van der Waals surface area contributed by atoms with Crippen LogP contribution in [-0.2, 0) is 0 Å². The molecule has 1 aromatic rings. The highest BCUT2D eigenvalue weighted by atomic mass is 79.9. The summed E-state index contributed by atoms with van der Waals surface area (Å²) in [5, 5.41) is 12.7. The van der Waals surface area contributed by atoms with Gasteiger partial charge in [-0.1, -0.05) is 0 Å². The molecule has 3 rings (SSSR count). The van der Waals surface area contributed by atoms with E-state index in [0.29, 0.717) is 17.6 Å². The molecule has 0 spiro atoms. The molecule has 2 unspecified atom stereocenters. The number of piperidine rings is 1. The Hall–Kier alpha value is -1.05. The van der Waals surface area contributed by atoms with Gasteiger partial charge in [0, 0.05) is 28.8 Å². The topological polar surface area (TPSA) is 39.1 Å². The first-order valence-corrected chi connectivity index (χ1v) is 8.28. The summed E-state index contributed by atoms with van der Waals surface area (Å²) in [4.78, 5) is 2.54. The molecule has 2 saturated heterocycles. The fourth-order valence-corrected chi connectivity index (χ4v) is 3.96. The van der Waals surface area contributed by atoms with E-state index < -0.39 is 0 Å². The minimum absolute atomic E-state index is 0.603. The van der Waals surface area contributed by atoms with Crippen molar-refractivity contribution in [1.29, 1.82) is 5.26 Å². The van der Waals surface area contributed by atoms with Crippen LogP contribution in [0.3, 0.4) is 0 Å². The second-order valence-electron chi connectivity index (χ2n) is 5.74. The summed E-state index contributed by atoms with van der Waals surface area (Å²) in [5.41, 5.74) is 1.95. The molecule has 2 aliphatic heterocycles. The van der Waals surface area contributed by atoms with Crippen LogP contribution in [0.4, 0.5) is 5.69 Å². The lowest BCUT2D eigenvalue weighted by molar-refractivity contribution is 0.378. The standard InChI is InChI=1S/C16H20BrN3/c17-14-10-13(7-6-12(14)11-18)20-9-2-1-5-16(20)15-4-3-8-19-15/h6-7,10,15-16,19H,1-5,8-9H2. The zero-order chi connectivity index (χ0) is 13.9. The van der Waals surface area contributed by atoms with Crippen LogP contribution in [0, 0.1) is 11.3 Å². The Balaban J connectivity index is 1.85. The Morgan fingerprint density at radius 3 is 2.85 bits per heavy atom. The van der Waals surface area contributed by atoms with Gasteiger partial charge >= 0.3 is 0 Å². The van der Waals surface area contributed by atoms with Crippen molar-refractivity contribution >= 4 is 21.6 Å². The van der Waals surface area contributed by atoms with Crippen molar-refractivity contribution in [1.82, 2.24) is 5.32 Å². The zero-order valence-electron chi connectivity index (χ0n) is 11.6. The summed E-state index contributed by atoms with van der Waals surface area (Å²) in [7, 11) is 0. The highest BCUT2D eigenvalue weighted by molar-refractivity contribution is 9.10. The van der Waals surface area contributed by atoms with Gasteiger partial charge in [0.05, 0.1) is 5.56 Å². The average molecular weight is 334 g/mol. The maximum Gasteiger partial charge on any atom is 0.100 e. The van der Waals surface area contributed by atoms with Gasteiger partial charge in [-0.25, -0.2) is 0 Å². The monoisotopic (exact) mass is 333 g/mol. The maximum atomic E-state index is 9.04. The number of hydrogen-bond donors (Lipinski definition) is 1. The lowest BCUT2D eigenvalue weighted by Crippen LogP contribution is -2.50. The molecule has 0 saturated carbocycles. The van der Waals surface area contributed by atoms with E-state index in [-0.39, 0.29) is 0 Å². The predicted molar refractivity (Wildman–Crippen MR) is 84.9 cm³/mol. The third kappa shape index (κ3) is 2.70.